The Morgan fingerprint density at radius 3 is 2.65 bits per heavy atom. The van der Waals surface area contributed by atoms with E-state index >= 15 is 0 Å². The van der Waals surface area contributed by atoms with Crippen LogP contribution >= 0.6 is 0 Å². The van der Waals surface area contributed by atoms with Crippen molar-refractivity contribution in [3.8, 4) is 11.3 Å². The lowest BCUT2D eigenvalue weighted by Crippen LogP contribution is -2.25. The SMILES string of the molecule is O=C(CNc1cccc2ccccc12)N/N=C\c1ccc(-c2cccc(C(=O)O)c2)o1. The number of aromatic carboxylic acids is 1. The van der Waals surface area contributed by atoms with E-state index < -0.39 is 5.97 Å². The van der Waals surface area contributed by atoms with Gasteiger partial charge in [0.2, 0.25) is 0 Å². The number of anilines is 1. The summed E-state index contributed by atoms with van der Waals surface area (Å²) in [7, 11) is 0. The highest BCUT2D eigenvalue weighted by Gasteiger charge is 2.08. The number of carbonyl (C=O) groups is 2. The fraction of sp³-hybridized carbons (Fsp3) is 0.0417. The second-order valence-corrected chi connectivity index (χ2v) is 6.76. The van der Waals surface area contributed by atoms with E-state index in [1.54, 1.807) is 24.3 Å². The number of fused-ring (bicyclic) bond motifs is 1. The number of hydrazone groups is 1. The number of carbonyl (C=O) groups excluding carboxylic acids is 1. The van der Waals surface area contributed by atoms with Gasteiger partial charge in [0.15, 0.2) is 0 Å². The van der Waals surface area contributed by atoms with Crippen LogP contribution in [0, 0.1) is 0 Å². The molecule has 154 valence electrons. The van der Waals surface area contributed by atoms with Crippen molar-refractivity contribution in [2.24, 2.45) is 5.10 Å². The molecule has 0 aliphatic carbocycles. The summed E-state index contributed by atoms with van der Waals surface area (Å²) >= 11 is 0. The smallest absolute Gasteiger partial charge is 0.335 e. The molecule has 1 heterocycles. The third kappa shape index (κ3) is 4.79. The van der Waals surface area contributed by atoms with E-state index in [0.717, 1.165) is 16.5 Å². The van der Waals surface area contributed by atoms with Crippen LogP contribution in [0.5, 0.6) is 0 Å². The zero-order chi connectivity index (χ0) is 21.6. The average Bonchev–Trinajstić information content (AvgIpc) is 3.27. The Morgan fingerprint density at radius 1 is 0.968 bits per heavy atom. The summed E-state index contributed by atoms with van der Waals surface area (Å²) < 4.78 is 5.65. The number of furan rings is 1. The highest BCUT2D eigenvalue weighted by atomic mass is 16.4. The Morgan fingerprint density at radius 2 is 1.77 bits per heavy atom. The summed E-state index contributed by atoms with van der Waals surface area (Å²) in [6.45, 7) is 0.0662. The molecule has 4 rings (SSSR count). The van der Waals surface area contributed by atoms with Crippen molar-refractivity contribution in [3.63, 3.8) is 0 Å². The largest absolute Gasteiger partial charge is 0.478 e. The van der Waals surface area contributed by atoms with Crippen molar-refractivity contribution < 1.29 is 19.1 Å². The third-order valence-corrected chi connectivity index (χ3v) is 4.63. The number of benzene rings is 3. The summed E-state index contributed by atoms with van der Waals surface area (Å²) in [4.78, 5) is 23.2. The van der Waals surface area contributed by atoms with Gasteiger partial charge in [-0.1, -0.05) is 48.5 Å². The number of rotatable bonds is 7. The van der Waals surface area contributed by atoms with E-state index in [4.69, 9.17) is 9.52 Å². The molecule has 1 aromatic heterocycles. The third-order valence-electron chi connectivity index (χ3n) is 4.63. The maximum atomic E-state index is 12.1. The molecule has 0 radical (unpaired) electrons. The van der Waals surface area contributed by atoms with E-state index in [9.17, 15) is 9.59 Å². The number of nitrogens with zero attached hydrogens (tertiary/aromatic N) is 1. The first-order chi connectivity index (χ1) is 15.1. The van der Waals surface area contributed by atoms with Crippen molar-refractivity contribution in [2.45, 2.75) is 0 Å². The minimum absolute atomic E-state index is 0.0662. The summed E-state index contributed by atoms with van der Waals surface area (Å²) in [5.41, 5.74) is 4.14. The van der Waals surface area contributed by atoms with Crippen molar-refractivity contribution in [2.75, 3.05) is 11.9 Å². The summed E-state index contributed by atoms with van der Waals surface area (Å²) in [5.74, 6) is -0.369. The van der Waals surface area contributed by atoms with Crippen LogP contribution in [0.15, 0.2) is 88.4 Å². The Bertz CT molecular complexity index is 1270. The first-order valence-electron chi connectivity index (χ1n) is 9.57. The molecule has 3 N–H and O–H groups in total. The summed E-state index contributed by atoms with van der Waals surface area (Å²) in [6, 6.07) is 23.6. The highest BCUT2D eigenvalue weighted by molar-refractivity contribution is 5.95. The number of carboxylic acid groups (broad SMARTS) is 1. The quantitative estimate of drug-likeness (QED) is 0.308. The summed E-state index contributed by atoms with van der Waals surface area (Å²) in [6.07, 6.45) is 1.39. The predicted molar refractivity (Wildman–Crippen MR) is 119 cm³/mol. The first kappa shape index (κ1) is 19.9. The Labute approximate surface area is 178 Å². The van der Waals surface area contributed by atoms with E-state index in [0.29, 0.717) is 17.1 Å². The second-order valence-electron chi connectivity index (χ2n) is 6.76. The lowest BCUT2D eigenvalue weighted by Gasteiger charge is -2.08. The minimum atomic E-state index is -1.00. The molecule has 0 spiro atoms. The zero-order valence-electron chi connectivity index (χ0n) is 16.4. The van der Waals surface area contributed by atoms with Crippen molar-refractivity contribution >= 4 is 34.6 Å². The molecule has 0 atom stereocenters. The van der Waals surface area contributed by atoms with Crippen molar-refractivity contribution in [1.82, 2.24) is 5.43 Å². The molecule has 4 aromatic rings. The molecule has 31 heavy (non-hydrogen) atoms. The monoisotopic (exact) mass is 413 g/mol. The molecule has 0 bridgehead atoms. The second kappa shape index (κ2) is 8.96. The molecule has 0 unspecified atom stereocenters. The number of amides is 1. The van der Waals surface area contributed by atoms with E-state index in [-0.39, 0.29) is 18.0 Å². The Hall–Kier alpha value is -4.39. The standard InChI is InChI=1S/C24H19N3O4/c28-23(15-25-21-10-4-6-16-5-1-2-9-20(16)21)27-26-14-19-11-12-22(31-19)17-7-3-8-18(13-17)24(29)30/h1-14,25H,15H2,(H,27,28)(H,29,30)/b26-14-. The lowest BCUT2D eigenvalue weighted by atomic mass is 10.1. The van der Waals surface area contributed by atoms with E-state index in [2.05, 4.69) is 15.8 Å². The van der Waals surface area contributed by atoms with Gasteiger partial charge >= 0.3 is 5.97 Å². The van der Waals surface area contributed by atoms with Crippen LogP contribution in [-0.4, -0.2) is 29.7 Å². The topological polar surface area (TPSA) is 104 Å². The number of hydrogen-bond donors (Lipinski definition) is 3. The van der Waals surface area contributed by atoms with Crippen LogP contribution < -0.4 is 10.7 Å². The average molecular weight is 413 g/mol. The Kier molecular flexibility index (Phi) is 5.75. The normalized spacial score (nSPS) is 11.0. The van der Waals surface area contributed by atoms with Crippen LogP contribution in [0.2, 0.25) is 0 Å². The van der Waals surface area contributed by atoms with Gasteiger partial charge in [0.05, 0.1) is 18.3 Å². The molecule has 0 saturated heterocycles. The van der Waals surface area contributed by atoms with Crippen LogP contribution in [0.3, 0.4) is 0 Å². The van der Waals surface area contributed by atoms with Crippen LogP contribution in [0.4, 0.5) is 5.69 Å². The van der Waals surface area contributed by atoms with Gasteiger partial charge in [-0.15, -0.1) is 0 Å². The Balaban J connectivity index is 1.34. The molecular weight excluding hydrogens is 394 g/mol. The van der Waals surface area contributed by atoms with Crippen molar-refractivity contribution in [3.05, 3.63) is 90.2 Å². The fourth-order valence-corrected chi connectivity index (χ4v) is 3.15. The molecule has 0 aliphatic heterocycles. The number of carboxylic acids is 1. The highest BCUT2D eigenvalue weighted by Crippen LogP contribution is 2.23. The molecule has 0 saturated carbocycles. The summed E-state index contributed by atoms with van der Waals surface area (Å²) in [5, 5.41) is 18.3. The predicted octanol–water partition coefficient (Wildman–Crippen LogP) is 4.36. The van der Waals surface area contributed by atoms with Gasteiger partial charge in [-0.3, -0.25) is 4.79 Å². The number of nitrogens with one attached hydrogen (secondary N) is 2. The first-order valence-corrected chi connectivity index (χ1v) is 9.57. The molecule has 7 heteroatoms. The van der Waals surface area contributed by atoms with Gasteiger partial charge in [0.1, 0.15) is 11.5 Å². The van der Waals surface area contributed by atoms with E-state index in [1.807, 2.05) is 42.5 Å². The van der Waals surface area contributed by atoms with Gasteiger partial charge in [-0.25, -0.2) is 10.2 Å². The van der Waals surface area contributed by atoms with E-state index in [1.165, 1.54) is 18.3 Å². The zero-order valence-corrected chi connectivity index (χ0v) is 16.4. The maximum absolute atomic E-state index is 12.1. The van der Waals surface area contributed by atoms with Gasteiger partial charge in [0.25, 0.3) is 5.91 Å². The van der Waals surface area contributed by atoms with Crippen LogP contribution in [-0.2, 0) is 4.79 Å². The molecule has 0 fully saturated rings. The van der Waals surface area contributed by atoms with Gasteiger partial charge < -0.3 is 14.8 Å². The lowest BCUT2D eigenvalue weighted by molar-refractivity contribution is -0.119. The molecule has 7 nitrogen and oxygen atoms in total. The van der Waals surface area contributed by atoms with Crippen LogP contribution in [0.25, 0.3) is 22.1 Å². The molecular formula is C24H19N3O4. The maximum Gasteiger partial charge on any atom is 0.335 e. The molecule has 0 aliphatic rings. The van der Waals surface area contributed by atoms with Crippen molar-refractivity contribution in [1.29, 1.82) is 0 Å². The molecule has 3 aromatic carbocycles. The fourth-order valence-electron chi connectivity index (χ4n) is 3.15. The van der Waals surface area contributed by atoms with Gasteiger partial charge in [0, 0.05) is 16.6 Å². The van der Waals surface area contributed by atoms with Gasteiger partial charge in [-0.05, 0) is 35.7 Å². The van der Waals surface area contributed by atoms with Crippen LogP contribution in [0.1, 0.15) is 16.1 Å². The molecule has 1 amide bonds. The number of hydrogen-bond acceptors (Lipinski definition) is 5. The minimum Gasteiger partial charge on any atom is -0.478 e. The van der Waals surface area contributed by atoms with Gasteiger partial charge in [-0.2, -0.15) is 5.10 Å².